The maximum Gasteiger partial charge on any atom is 0.0534 e. The molecule has 0 bridgehead atoms. The molecule has 0 aromatic carbocycles. The van der Waals surface area contributed by atoms with Gasteiger partial charge in [0.2, 0.25) is 0 Å². The molecule has 1 N–H and O–H groups in total. The van der Waals surface area contributed by atoms with Crippen LogP contribution in [-0.2, 0) is 13.6 Å². The molecule has 0 amide bonds. The van der Waals surface area contributed by atoms with Gasteiger partial charge in [0, 0.05) is 51.0 Å². The second-order valence-corrected chi connectivity index (χ2v) is 4.26. The molecule has 15 heavy (non-hydrogen) atoms. The van der Waals surface area contributed by atoms with Gasteiger partial charge in [0.25, 0.3) is 0 Å². The van der Waals surface area contributed by atoms with Gasteiger partial charge in [0.15, 0.2) is 0 Å². The van der Waals surface area contributed by atoms with Crippen LogP contribution >= 0.6 is 0 Å². The molecule has 1 aromatic rings. The zero-order valence-corrected chi connectivity index (χ0v) is 9.61. The van der Waals surface area contributed by atoms with E-state index in [4.69, 9.17) is 0 Å². The third-order valence-corrected chi connectivity index (χ3v) is 3.09. The lowest BCUT2D eigenvalue weighted by atomic mass is 10.1. The Kier molecular flexibility index (Phi) is 3.38. The van der Waals surface area contributed by atoms with Crippen molar-refractivity contribution in [3.05, 3.63) is 18.0 Å². The summed E-state index contributed by atoms with van der Waals surface area (Å²) in [6.45, 7) is 6.67. The molecule has 4 nitrogen and oxygen atoms in total. The molecule has 1 aromatic heterocycles. The molecule has 0 aliphatic carbocycles. The van der Waals surface area contributed by atoms with Gasteiger partial charge >= 0.3 is 0 Å². The molecule has 0 spiro atoms. The number of hydrogen-bond donors (Lipinski definition) is 1. The largest absolute Gasteiger partial charge is 0.314 e. The quantitative estimate of drug-likeness (QED) is 0.790. The summed E-state index contributed by atoms with van der Waals surface area (Å²) in [6.07, 6.45) is 5.29. The third-order valence-electron chi connectivity index (χ3n) is 3.09. The summed E-state index contributed by atoms with van der Waals surface area (Å²) < 4.78 is 1.87. The zero-order chi connectivity index (χ0) is 10.7. The van der Waals surface area contributed by atoms with E-state index in [1.54, 1.807) is 0 Å². The van der Waals surface area contributed by atoms with Crippen molar-refractivity contribution >= 4 is 0 Å². The van der Waals surface area contributed by atoms with Crippen molar-refractivity contribution in [2.75, 3.05) is 19.6 Å². The minimum atomic E-state index is 0.680. The molecule has 84 valence electrons. The van der Waals surface area contributed by atoms with Crippen LogP contribution in [0, 0.1) is 0 Å². The van der Waals surface area contributed by atoms with Crippen LogP contribution in [0.3, 0.4) is 0 Å². The number of nitrogens with one attached hydrogen (secondary N) is 1. The molecule has 1 saturated heterocycles. The van der Waals surface area contributed by atoms with E-state index in [-0.39, 0.29) is 0 Å². The molecular formula is C11H20N4. The number of rotatable bonds is 3. The number of aryl methyl sites for hydroxylation is 1. The Hall–Kier alpha value is -0.870. The second-order valence-electron chi connectivity index (χ2n) is 4.26. The lowest BCUT2D eigenvalue weighted by molar-refractivity contribution is 0.149. The molecule has 1 unspecified atom stereocenters. The molecule has 2 heterocycles. The highest BCUT2D eigenvalue weighted by atomic mass is 15.3. The van der Waals surface area contributed by atoms with E-state index in [9.17, 15) is 0 Å². The standard InChI is InChI=1S/C11H20N4/c1-3-11-7-12-4-5-15(11)9-10-6-13-14(2)8-10/h6,8,11-12H,3-5,7,9H2,1-2H3. The Labute approximate surface area is 91.3 Å². The molecule has 1 atom stereocenters. The predicted molar refractivity (Wildman–Crippen MR) is 60.6 cm³/mol. The first kappa shape index (κ1) is 10.6. The smallest absolute Gasteiger partial charge is 0.0534 e. The molecular weight excluding hydrogens is 188 g/mol. The van der Waals surface area contributed by atoms with Crippen molar-refractivity contribution in [1.29, 1.82) is 0 Å². The van der Waals surface area contributed by atoms with Gasteiger partial charge in [-0.2, -0.15) is 5.10 Å². The van der Waals surface area contributed by atoms with E-state index in [1.807, 2.05) is 17.9 Å². The van der Waals surface area contributed by atoms with Crippen LogP contribution in [0.4, 0.5) is 0 Å². The van der Waals surface area contributed by atoms with Crippen LogP contribution in [0.15, 0.2) is 12.4 Å². The van der Waals surface area contributed by atoms with Crippen molar-refractivity contribution < 1.29 is 0 Å². The van der Waals surface area contributed by atoms with Gasteiger partial charge in [-0.1, -0.05) is 6.92 Å². The Morgan fingerprint density at radius 2 is 2.47 bits per heavy atom. The normalized spacial score (nSPS) is 23.2. The van der Waals surface area contributed by atoms with Crippen LogP contribution in [0.5, 0.6) is 0 Å². The third kappa shape index (κ3) is 2.58. The molecule has 2 rings (SSSR count). The maximum atomic E-state index is 4.21. The molecule has 0 saturated carbocycles. The number of aromatic nitrogens is 2. The fourth-order valence-corrected chi connectivity index (χ4v) is 2.20. The fourth-order valence-electron chi connectivity index (χ4n) is 2.20. The summed E-state index contributed by atoms with van der Waals surface area (Å²) in [5.41, 5.74) is 1.32. The van der Waals surface area contributed by atoms with Gasteiger partial charge in [-0.05, 0) is 6.42 Å². The summed E-state index contributed by atoms with van der Waals surface area (Å²) in [7, 11) is 1.97. The Bertz CT molecular complexity index is 307. The lowest BCUT2D eigenvalue weighted by Crippen LogP contribution is -2.50. The molecule has 4 heteroatoms. The van der Waals surface area contributed by atoms with Gasteiger partial charge in [0.1, 0.15) is 0 Å². The first-order chi connectivity index (χ1) is 7.29. The number of piperazine rings is 1. The minimum Gasteiger partial charge on any atom is -0.314 e. The second kappa shape index (κ2) is 4.77. The van der Waals surface area contributed by atoms with Gasteiger partial charge in [0.05, 0.1) is 6.20 Å². The van der Waals surface area contributed by atoms with Crippen molar-refractivity contribution in [2.45, 2.75) is 25.9 Å². The van der Waals surface area contributed by atoms with Crippen molar-refractivity contribution in [2.24, 2.45) is 7.05 Å². The van der Waals surface area contributed by atoms with Crippen LogP contribution in [-0.4, -0.2) is 40.4 Å². The average molecular weight is 208 g/mol. The van der Waals surface area contributed by atoms with E-state index in [0.29, 0.717) is 6.04 Å². The van der Waals surface area contributed by atoms with E-state index >= 15 is 0 Å². The van der Waals surface area contributed by atoms with E-state index in [2.05, 4.69) is 28.4 Å². The van der Waals surface area contributed by atoms with Gasteiger partial charge < -0.3 is 5.32 Å². The predicted octanol–water partition coefficient (Wildman–Crippen LogP) is 0.604. The van der Waals surface area contributed by atoms with Crippen molar-refractivity contribution in [3.8, 4) is 0 Å². The fraction of sp³-hybridized carbons (Fsp3) is 0.727. The first-order valence-corrected chi connectivity index (χ1v) is 5.72. The summed E-state index contributed by atoms with van der Waals surface area (Å²) in [4.78, 5) is 2.55. The summed E-state index contributed by atoms with van der Waals surface area (Å²) in [5.74, 6) is 0. The van der Waals surface area contributed by atoms with Crippen LogP contribution in [0.2, 0.25) is 0 Å². The van der Waals surface area contributed by atoms with Crippen molar-refractivity contribution in [3.63, 3.8) is 0 Å². The lowest BCUT2D eigenvalue weighted by Gasteiger charge is -2.35. The highest BCUT2D eigenvalue weighted by Gasteiger charge is 2.20. The van der Waals surface area contributed by atoms with E-state index < -0.39 is 0 Å². The number of nitrogens with zero attached hydrogens (tertiary/aromatic N) is 3. The van der Waals surface area contributed by atoms with Crippen LogP contribution in [0.25, 0.3) is 0 Å². The topological polar surface area (TPSA) is 33.1 Å². The van der Waals surface area contributed by atoms with Crippen LogP contribution < -0.4 is 5.32 Å². The molecule has 1 fully saturated rings. The Morgan fingerprint density at radius 3 is 3.13 bits per heavy atom. The molecule has 1 aliphatic rings. The summed E-state index contributed by atoms with van der Waals surface area (Å²) in [5, 5.41) is 7.65. The zero-order valence-electron chi connectivity index (χ0n) is 9.61. The molecule has 1 aliphatic heterocycles. The van der Waals surface area contributed by atoms with Crippen molar-refractivity contribution in [1.82, 2.24) is 20.0 Å². The molecule has 0 radical (unpaired) electrons. The Balaban J connectivity index is 1.97. The van der Waals surface area contributed by atoms with Gasteiger partial charge in [-0.25, -0.2) is 0 Å². The van der Waals surface area contributed by atoms with Gasteiger partial charge in [-0.15, -0.1) is 0 Å². The SMILES string of the molecule is CCC1CNCCN1Cc1cnn(C)c1. The maximum absolute atomic E-state index is 4.21. The average Bonchev–Trinajstić information content (AvgIpc) is 2.65. The summed E-state index contributed by atoms with van der Waals surface area (Å²) >= 11 is 0. The highest BCUT2D eigenvalue weighted by Crippen LogP contribution is 2.11. The van der Waals surface area contributed by atoms with E-state index in [1.165, 1.54) is 12.0 Å². The minimum absolute atomic E-state index is 0.680. The van der Waals surface area contributed by atoms with Crippen LogP contribution in [0.1, 0.15) is 18.9 Å². The monoisotopic (exact) mass is 208 g/mol. The highest BCUT2D eigenvalue weighted by molar-refractivity contribution is 5.04. The van der Waals surface area contributed by atoms with Gasteiger partial charge in [-0.3, -0.25) is 9.58 Å². The Morgan fingerprint density at radius 1 is 1.60 bits per heavy atom. The van der Waals surface area contributed by atoms with E-state index in [0.717, 1.165) is 26.2 Å². The first-order valence-electron chi connectivity index (χ1n) is 5.72. The number of hydrogen-bond acceptors (Lipinski definition) is 3. The summed E-state index contributed by atoms with van der Waals surface area (Å²) in [6, 6.07) is 0.680.